The number of rotatable bonds is 8. The first-order valence-electron chi connectivity index (χ1n) is 15.1. The maximum Gasteiger partial charge on any atom is 0.413 e. The Hall–Kier alpha value is -5.43. The highest BCUT2D eigenvalue weighted by atomic mass is 19.4. The number of nitriles is 2. The molecular weight excluding hydrogens is 605 g/mol. The van der Waals surface area contributed by atoms with Crippen LogP contribution in [0.2, 0.25) is 0 Å². The fraction of sp³-hybridized carbons (Fsp3) is 0.353. The van der Waals surface area contributed by atoms with Gasteiger partial charge in [-0.2, -0.15) is 28.8 Å². The summed E-state index contributed by atoms with van der Waals surface area (Å²) in [6.07, 6.45) is 1.83. The number of hydrogen-bond donors (Lipinski definition) is 2. The molecule has 1 unspecified atom stereocenters. The van der Waals surface area contributed by atoms with Crippen LogP contribution in [0.1, 0.15) is 67.6 Å². The lowest BCUT2D eigenvalue weighted by Gasteiger charge is -2.24. The van der Waals surface area contributed by atoms with E-state index in [0.717, 1.165) is 26.9 Å². The maximum absolute atomic E-state index is 14.1. The molecule has 2 aromatic carbocycles. The number of fused-ring (bicyclic) bond motifs is 1. The number of anilines is 2. The molecule has 47 heavy (non-hydrogen) atoms. The second-order valence-electron chi connectivity index (χ2n) is 13.2. The van der Waals surface area contributed by atoms with Crippen LogP contribution < -0.4 is 10.6 Å². The van der Waals surface area contributed by atoms with Crippen molar-refractivity contribution in [1.82, 2.24) is 29.8 Å². The third-order valence-electron chi connectivity index (χ3n) is 8.52. The molecule has 0 bridgehead atoms. The number of hydrogen-bond acceptors (Lipinski definition) is 8. The SMILES string of the molecule is Cc1c(-c2cnn(C)c2)cccc1C(Nc1cc(C#N)c2ncc(C#N)c(NCC(C)(C)C)c2c1)c1cn(C2(C(F)(F)F)CC2)nn1. The summed E-state index contributed by atoms with van der Waals surface area (Å²) >= 11 is 0. The molecule has 3 heterocycles. The van der Waals surface area contributed by atoms with Crippen molar-refractivity contribution in [3.8, 4) is 23.3 Å². The molecule has 1 atom stereocenters. The number of benzene rings is 2. The molecule has 0 spiro atoms. The Morgan fingerprint density at radius 1 is 1.04 bits per heavy atom. The first-order chi connectivity index (χ1) is 22.2. The standard InChI is InChI=1S/C34H33F3N10/c1-20-25(23-16-42-46(5)17-23)7-6-8-26(20)31(28-18-47(45-44-28)33(9-10-33)34(35,36)37)43-24-11-21(13-38)29-27(12-24)30(22(14-39)15-40-29)41-19-32(2,3)4/h6-8,11-12,15-18,31,43H,9-10,19H2,1-5H3,(H,40,41). The van der Waals surface area contributed by atoms with E-state index in [0.29, 0.717) is 34.4 Å². The van der Waals surface area contributed by atoms with Crippen LogP contribution >= 0.6 is 0 Å². The van der Waals surface area contributed by atoms with Crippen molar-refractivity contribution in [2.75, 3.05) is 17.2 Å². The predicted molar refractivity (Wildman–Crippen MR) is 171 cm³/mol. The molecule has 5 aromatic rings. The monoisotopic (exact) mass is 638 g/mol. The van der Waals surface area contributed by atoms with Crippen molar-refractivity contribution in [1.29, 1.82) is 10.5 Å². The summed E-state index contributed by atoms with van der Waals surface area (Å²) in [5, 5.41) is 40.0. The van der Waals surface area contributed by atoms with E-state index in [-0.39, 0.29) is 29.5 Å². The number of nitrogens with one attached hydrogen (secondary N) is 2. The Balaban J connectivity index is 1.51. The largest absolute Gasteiger partial charge is 0.413 e. The quantitative estimate of drug-likeness (QED) is 0.186. The predicted octanol–water partition coefficient (Wildman–Crippen LogP) is 6.99. The van der Waals surface area contributed by atoms with Crippen LogP contribution in [0.5, 0.6) is 0 Å². The van der Waals surface area contributed by atoms with Crippen LogP contribution in [0.4, 0.5) is 24.5 Å². The van der Waals surface area contributed by atoms with E-state index in [1.807, 2.05) is 38.4 Å². The van der Waals surface area contributed by atoms with Gasteiger partial charge in [0.1, 0.15) is 17.8 Å². The molecule has 0 saturated heterocycles. The number of nitrogens with zero attached hydrogens (tertiary/aromatic N) is 8. The van der Waals surface area contributed by atoms with Crippen LogP contribution in [0, 0.1) is 35.0 Å². The molecule has 0 aliphatic heterocycles. The molecular formula is C34H33F3N10. The second-order valence-corrected chi connectivity index (χ2v) is 13.2. The van der Waals surface area contributed by atoms with E-state index < -0.39 is 17.8 Å². The zero-order chi connectivity index (χ0) is 33.7. The summed E-state index contributed by atoms with van der Waals surface area (Å²) < 4.78 is 44.8. The Kier molecular flexibility index (Phi) is 7.67. The first kappa shape index (κ1) is 31.5. The molecule has 1 aliphatic carbocycles. The van der Waals surface area contributed by atoms with E-state index in [4.69, 9.17) is 0 Å². The van der Waals surface area contributed by atoms with Crippen LogP contribution in [0.25, 0.3) is 22.0 Å². The number of pyridine rings is 1. The average molecular weight is 639 g/mol. The summed E-state index contributed by atoms with van der Waals surface area (Å²) in [5.74, 6) is 0. The molecule has 2 N–H and O–H groups in total. The van der Waals surface area contributed by atoms with Gasteiger partial charge in [0.25, 0.3) is 0 Å². The van der Waals surface area contributed by atoms with Gasteiger partial charge in [-0.25, -0.2) is 4.68 Å². The van der Waals surface area contributed by atoms with Gasteiger partial charge in [-0.1, -0.05) is 44.2 Å². The zero-order valence-corrected chi connectivity index (χ0v) is 26.6. The molecule has 0 amide bonds. The van der Waals surface area contributed by atoms with E-state index >= 15 is 0 Å². The number of aromatic nitrogens is 6. The van der Waals surface area contributed by atoms with E-state index in [9.17, 15) is 23.7 Å². The number of aryl methyl sites for hydroxylation is 1. The van der Waals surface area contributed by atoms with Crippen molar-refractivity contribution < 1.29 is 13.2 Å². The van der Waals surface area contributed by atoms with Crippen molar-refractivity contribution in [2.45, 2.75) is 58.3 Å². The Morgan fingerprint density at radius 2 is 1.79 bits per heavy atom. The lowest BCUT2D eigenvalue weighted by molar-refractivity contribution is -0.182. The number of halogens is 3. The fourth-order valence-electron chi connectivity index (χ4n) is 5.80. The average Bonchev–Trinajstić information content (AvgIpc) is 3.51. The van der Waals surface area contributed by atoms with Crippen molar-refractivity contribution in [3.63, 3.8) is 0 Å². The van der Waals surface area contributed by atoms with Gasteiger partial charge in [0.15, 0.2) is 5.54 Å². The molecule has 13 heteroatoms. The zero-order valence-electron chi connectivity index (χ0n) is 26.6. The van der Waals surface area contributed by atoms with Crippen LogP contribution in [-0.4, -0.2) is 42.5 Å². The molecule has 1 fully saturated rings. The highest BCUT2D eigenvalue weighted by Crippen LogP contribution is 2.55. The van der Waals surface area contributed by atoms with Crippen molar-refractivity contribution in [2.24, 2.45) is 12.5 Å². The van der Waals surface area contributed by atoms with Gasteiger partial charge in [-0.3, -0.25) is 9.67 Å². The second kappa shape index (κ2) is 11.4. The minimum absolute atomic E-state index is 0.0678. The Labute approximate surface area is 269 Å². The Bertz CT molecular complexity index is 2070. The van der Waals surface area contributed by atoms with Crippen LogP contribution in [0.3, 0.4) is 0 Å². The van der Waals surface area contributed by atoms with Gasteiger partial charge in [-0.05, 0) is 54.0 Å². The fourth-order valence-corrected chi connectivity index (χ4v) is 5.80. The van der Waals surface area contributed by atoms with E-state index in [1.165, 1.54) is 12.4 Å². The van der Waals surface area contributed by atoms with Crippen LogP contribution in [0.15, 0.2) is 55.1 Å². The number of alkyl halides is 3. The smallest absolute Gasteiger partial charge is 0.383 e. The topological polar surface area (TPSA) is 133 Å². The summed E-state index contributed by atoms with van der Waals surface area (Å²) in [6.45, 7) is 8.68. The molecule has 240 valence electrons. The third-order valence-corrected chi connectivity index (χ3v) is 8.52. The van der Waals surface area contributed by atoms with Gasteiger partial charge in [0, 0.05) is 42.6 Å². The van der Waals surface area contributed by atoms with Crippen molar-refractivity contribution in [3.05, 3.63) is 83.1 Å². The van der Waals surface area contributed by atoms with Gasteiger partial charge >= 0.3 is 6.18 Å². The van der Waals surface area contributed by atoms with Gasteiger partial charge in [-0.15, -0.1) is 5.10 Å². The first-order valence-corrected chi connectivity index (χ1v) is 15.1. The molecule has 3 aromatic heterocycles. The Morgan fingerprint density at radius 3 is 2.40 bits per heavy atom. The lowest BCUT2D eigenvalue weighted by Crippen LogP contribution is -2.35. The highest BCUT2D eigenvalue weighted by Gasteiger charge is 2.66. The maximum atomic E-state index is 14.1. The summed E-state index contributed by atoms with van der Waals surface area (Å²) in [5.41, 5.74) is 3.55. The van der Waals surface area contributed by atoms with Gasteiger partial charge < -0.3 is 10.6 Å². The summed E-state index contributed by atoms with van der Waals surface area (Å²) in [7, 11) is 1.82. The molecule has 1 aliphatic rings. The third kappa shape index (κ3) is 5.85. The highest BCUT2D eigenvalue weighted by molar-refractivity contribution is 5.99. The summed E-state index contributed by atoms with van der Waals surface area (Å²) in [6, 6.07) is 12.8. The van der Waals surface area contributed by atoms with Gasteiger partial charge in [0.05, 0.1) is 40.8 Å². The molecule has 1 saturated carbocycles. The minimum atomic E-state index is -4.47. The minimum Gasteiger partial charge on any atom is -0.383 e. The van der Waals surface area contributed by atoms with Crippen molar-refractivity contribution >= 4 is 22.3 Å². The molecule has 0 radical (unpaired) electrons. The molecule has 6 rings (SSSR count). The van der Waals surface area contributed by atoms with Crippen LogP contribution in [-0.2, 0) is 12.6 Å². The van der Waals surface area contributed by atoms with E-state index in [2.05, 4.69) is 63.9 Å². The normalized spacial score (nSPS) is 14.8. The molecule has 10 nitrogen and oxygen atoms in total. The lowest BCUT2D eigenvalue weighted by atomic mass is 9.92. The van der Waals surface area contributed by atoms with Gasteiger partial charge in [0.2, 0.25) is 0 Å². The summed E-state index contributed by atoms with van der Waals surface area (Å²) in [4.78, 5) is 4.43. The van der Waals surface area contributed by atoms with E-state index in [1.54, 1.807) is 23.0 Å².